The first kappa shape index (κ1) is 28.6. The first-order valence-electron chi connectivity index (χ1n) is 10.6. The Labute approximate surface area is 211 Å². The molecule has 1 fully saturated rings. The molecule has 0 atom stereocenters. The molecule has 2 N–H and O–H groups in total. The van der Waals surface area contributed by atoms with Crippen molar-refractivity contribution in [2.45, 2.75) is 26.4 Å². The van der Waals surface area contributed by atoms with Crippen molar-refractivity contribution in [3.63, 3.8) is 0 Å². The molecule has 0 aromatic heterocycles. The van der Waals surface area contributed by atoms with E-state index in [-0.39, 0.29) is 54.1 Å². The summed E-state index contributed by atoms with van der Waals surface area (Å²) in [6, 6.07) is 6.37. The minimum absolute atomic E-state index is 0. The maximum absolute atomic E-state index is 12.0. The quantitative estimate of drug-likeness (QED) is 0.155. The molecular weight excluding hydrogens is 541 g/mol. The Morgan fingerprint density at radius 1 is 1.15 bits per heavy atom. The number of nitro groups is 1. The average Bonchev–Trinajstić information content (AvgIpc) is 2.74. The van der Waals surface area contributed by atoms with Crippen LogP contribution < -0.4 is 10.6 Å². The van der Waals surface area contributed by atoms with Gasteiger partial charge in [-0.15, -0.1) is 24.0 Å². The average molecular weight is 575 g/mol. The third-order valence-electron chi connectivity index (χ3n) is 4.94. The lowest BCUT2D eigenvalue weighted by Gasteiger charge is -2.36. The fourth-order valence-electron chi connectivity index (χ4n) is 3.16. The minimum Gasteiger partial charge on any atom is -0.353 e. The zero-order valence-electron chi connectivity index (χ0n) is 19.6. The highest BCUT2D eigenvalue weighted by atomic mass is 127. The summed E-state index contributed by atoms with van der Waals surface area (Å²) in [5, 5.41) is 16.9. The lowest BCUT2D eigenvalue weighted by atomic mass is 10.2. The summed E-state index contributed by atoms with van der Waals surface area (Å²) in [5.74, 6) is 0.539. The number of benzene rings is 1. The van der Waals surface area contributed by atoms with Crippen LogP contribution >= 0.6 is 24.0 Å². The van der Waals surface area contributed by atoms with E-state index in [1.54, 1.807) is 26.2 Å². The largest absolute Gasteiger partial charge is 0.353 e. The number of nitro benzene ring substituents is 1. The number of amides is 2. The maximum Gasteiger partial charge on any atom is 0.269 e. The number of carbonyl (C=O) groups excluding carboxylic acids is 2. The van der Waals surface area contributed by atoms with E-state index in [4.69, 9.17) is 0 Å². The number of halogens is 1. The maximum atomic E-state index is 12.0. The molecule has 1 aliphatic heterocycles. The Hall–Kier alpha value is -2.48. The molecule has 33 heavy (non-hydrogen) atoms. The lowest BCUT2D eigenvalue weighted by Crippen LogP contribution is -2.55. The SMILES string of the molecule is CC(C)NC(=O)CN1CCN(C(=NCc2ccc([N+](=O)[O-])cc2)NCC(=O)N(C)C)CC1.I. The van der Waals surface area contributed by atoms with Crippen LogP contribution in [0.3, 0.4) is 0 Å². The number of non-ortho nitro benzene ring substituents is 1. The van der Waals surface area contributed by atoms with Gasteiger partial charge in [-0.2, -0.15) is 0 Å². The van der Waals surface area contributed by atoms with Crippen molar-refractivity contribution in [3.05, 3.63) is 39.9 Å². The third-order valence-corrected chi connectivity index (χ3v) is 4.94. The van der Waals surface area contributed by atoms with E-state index in [2.05, 4.69) is 25.4 Å². The smallest absolute Gasteiger partial charge is 0.269 e. The number of hydrogen-bond acceptors (Lipinski definition) is 6. The van der Waals surface area contributed by atoms with Gasteiger partial charge in [0.2, 0.25) is 11.8 Å². The second kappa shape index (κ2) is 13.9. The van der Waals surface area contributed by atoms with Crippen molar-refractivity contribution in [1.29, 1.82) is 0 Å². The molecule has 0 unspecified atom stereocenters. The predicted molar refractivity (Wildman–Crippen MR) is 138 cm³/mol. The van der Waals surface area contributed by atoms with Gasteiger partial charge in [-0.25, -0.2) is 4.99 Å². The molecule has 0 bridgehead atoms. The summed E-state index contributed by atoms with van der Waals surface area (Å²) in [5.41, 5.74) is 0.864. The van der Waals surface area contributed by atoms with E-state index in [0.29, 0.717) is 45.2 Å². The van der Waals surface area contributed by atoms with E-state index in [1.807, 2.05) is 13.8 Å². The molecule has 1 heterocycles. The van der Waals surface area contributed by atoms with Crippen LogP contribution in [-0.4, -0.2) is 96.8 Å². The van der Waals surface area contributed by atoms with E-state index >= 15 is 0 Å². The highest BCUT2D eigenvalue weighted by Gasteiger charge is 2.22. The number of nitrogens with one attached hydrogen (secondary N) is 2. The van der Waals surface area contributed by atoms with Crippen LogP contribution in [0.15, 0.2) is 29.3 Å². The van der Waals surface area contributed by atoms with Crippen molar-refractivity contribution in [3.8, 4) is 0 Å². The van der Waals surface area contributed by atoms with Crippen molar-refractivity contribution in [1.82, 2.24) is 25.3 Å². The monoisotopic (exact) mass is 575 g/mol. The molecule has 2 rings (SSSR count). The number of carbonyl (C=O) groups is 2. The number of nitrogens with zero attached hydrogens (tertiary/aromatic N) is 5. The zero-order chi connectivity index (χ0) is 23.7. The first-order valence-corrected chi connectivity index (χ1v) is 10.6. The lowest BCUT2D eigenvalue weighted by molar-refractivity contribution is -0.384. The molecule has 0 spiro atoms. The summed E-state index contributed by atoms with van der Waals surface area (Å²) in [4.78, 5) is 44.8. The Morgan fingerprint density at radius 3 is 2.27 bits per heavy atom. The van der Waals surface area contributed by atoms with Crippen molar-refractivity contribution in [2.75, 3.05) is 53.4 Å². The molecule has 0 saturated carbocycles. The van der Waals surface area contributed by atoms with E-state index in [0.717, 1.165) is 5.56 Å². The summed E-state index contributed by atoms with van der Waals surface area (Å²) >= 11 is 0. The minimum atomic E-state index is -0.437. The molecule has 1 saturated heterocycles. The van der Waals surface area contributed by atoms with Crippen LogP contribution in [0.4, 0.5) is 5.69 Å². The fraction of sp³-hybridized carbons (Fsp3) is 0.571. The van der Waals surface area contributed by atoms with Crippen molar-refractivity contribution >= 4 is 47.4 Å². The molecule has 1 aliphatic rings. The number of hydrogen-bond donors (Lipinski definition) is 2. The second-order valence-corrected chi connectivity index (χ2v) is 8.19. The van der Waals surface area contributed by atoms with Crippen molar-refractivity contribution < 1.29 is 14.5 Å². The zero-order valence-corrected chi connectivity index (χ0v) is 21.9. The molecule has 11 nitrogen and oxygen atoms in total. The van der Waals surface area contributed by atoms with Gasteiger partial charge in [0, 0.05) is 58.4 Å². The predicted octanol–water partition coefficient (Wildman–Crippen LogP) is 0.889. The Balaban J connectivity index is 0.00000544. The van der Waals surface area contributed by atoms with Gasteiger partial charge in [0.1, 0.15) is 0 Å². The van der Waals surface area contributed by atoms with Gasteiger partial charge < -0.3 is 20.4 Å². The normalized spacial score (nSPS) is 14.5. The number of piperazine rings is 1. The molecule has 0 aliphatic carbocycles. The number of aliphatic imine (C=N–C) groups is 1. The molecule has 2 amide bonds. The Morgan fingerprint density at radius 2 is 1.76 bits per heavy atom. The van der Waals surface area contributed by atoms with Crippen LogP contribution in [-0.2, 0) is 16.1 Å². The number of guanidine groups is 1. The van der Waals surface area contributed by atoms with Gasteiger partial charge in [-0.1, -0.05) is 12.1 Å². The van der Waals surface area contributed by atoms with E-state index < -0.39 is 4.92 Å². The summed E-state index contributed by atoms with van der Waals surface area (Å²) < 4.78 is 0. The van der Waals surface area contributed by atoms with E-state index in [1.165, 1.54) is 17.0 Å². The summed E-state index contributed by atoms with van der Waals surface area (Å²) in [7, 11) is 3.39. The topological polar surface area (TPSA) is 123 Å². The van der Waals surface area contributed by atoms with Crippen LogP contribution in [0.2, 0.25) is 0 Å². The van der Waals surface area contributed by atoms with Gasteiger partial charge in [-0.05, 0) is 19.4 Å². The second-order valence-electron chi connectivity index (χ2n) is 8.19. The fourth-order valence-corrected chi connectivity index (χ4v) is 3.16. The third kappa shape index (κ3) is 9.90. The molecule has 12 heteroatoms. The Bertz CT molecular complexity index is 822. The number of likely N-dealkylation sites (N-methyl/N-ethyl adjacent to an activating group) is 1. The molecule has 0 radical (unpaired) electrons. The molecular formula is C21H34IN7O4. The molecule has 1 aromatic rings. The van der Waals surface area contributed by atoms with E-state index in [9.17, 15) is 19.7 Å². The molecule has 1 aromatic carbocycles. The van der Waals surface area contributed by atoms with Gasteiger partial charge in [0.25, 0.3) is 5.69 Å². The van der Waals surface area contributed by atoms with Crippen LogP contribution in [0.1, 0.15) is 19.4 Å². The van der Waals surface area contributed by atoms with Crippen LogP contribution in [0.25, 0.3) is 0 Å². The highest BCUT2D eigenvalue weighted by molar-refractivity contribution is 14.0. The summed E-state index contributed by atoms with van der Waals surface area (Å²) in [6.45, 7) is 7.39. The van der Waals surface area contributed by atoms with Gasteiger partial charge in [0.05, 0.1) is 24.6 Å². The van der Waals surface area contributed by atoms with Crippen LogP contribution in [0.5, 0.6) is 0 Å². The van der Waals surface area contributed by atoms with Crippen LogP contribution in [0, 0.1) is 10.1 Å². The standard InChI is InChI=1S/C21H33N7O4.HI/c1-16(2)24-19(29)15-26-9-11-27(12-10-26)21(23-14-20(30)25(3)4)22-13-17-5-7-18(8-6-17)28(31)32;/h5-8,16H,9-15H2,1-4H3,(H,22,23)(H,24,29);1H. The van der Waals surface area contributed by atoms with Gasteiger partial charge in [0.15, 0.2) is 5.96 Å². The molecule has 184 valence electrons. The first-order chi connectivity index (χ1) is 15.2. The Kier molecular flexibility index (Phi) is 12.1. The number of rotatable bonds is 8. The van der Waals surface area contributed by atoms with Gasteiger partial charge in [-0.3, -0.25) is 24.6 Å². The van der Waals surface area contributed by atoms with Gasteiger partial charge >= 0.3 is 0 Å². The summed E-state index contributed by atoms with van der Waals surface area (Å²) in [6.07, 6.45) is 0. The van der Waals surface area contributed by atoms with Crippen molar-refractivity contribution in [2.24, 2.45) is 4.99 Å². The highest BCUT2D eigenvalue weighted by Crippen LogP contribution is 2.13.